The lowest BCUT2D eigenvalue weighted by Crippen LogP contribution is -2.26. The van der Waals surface area contributed by atoms with Gasteiger partial charge in [-0.1, -0.05) is 75.5 Å². The molecule has 1 aromatic carbocycles. The van der Waals surface area contributed by atoms with E-state index in [1.807, 2.05) is 44.2 Å². The number of halogens is 2. The summed E-state index contributed by atoms with van der Waals surface area (Å²) < 4.78 is 38.4. The Morgan fingerprint density at radius 3 is 1.68 bits per heavy atom. The summed E-state index contributed by atoms with van der Waals surface area (Å²) in [4.78, 5) is 0. The predicted molar refractivity (Wildman–Crippen MR) is 134 cm³/mol. The molecule has 0 aliphatic rings. The third-order valence-corrected chi connectivity index (χ3v) is 8.36. The van der Waals surface area contributed by atoms with Gasteiger partial charge in [-0.25, -0.2) is 0 Å². The molecule has 0 fully saturated rings. The van der Waals surface area contributed by atoms with E-state index in [1.165, 1.54) is 0 Å². The molecule has 0 amide bonds. The van der Waals surface area contributed by atoms with Crippen LogP contribution in [0.25, 0.3) is 0 Å². The summed E-state index contributed by atoms with van der Waals surface area (Å²) in [7, 11) is -2.64. The summed E-state index contributed by atoms with van der Waals surface area (Å²) in [6.45, 7) is 7.61. The zero-order valence-electron chi connectivity index (χ0n) is 16.9. The Bertz CT molecular complexity index is 521. The number of hydrogen-bond acceptors (Lipinski definition) is 5. The van der Waals surface area contributed by atoms with Crippen LogP contribution in [0.3, 0.4) is 0 Å². The van der Waals surface area contributed by atoms with Gasteiger partial charge in [-0.2, -0.15) is 0 Å². The second kappa shape index (κ2) is 16.4. The number of alkyl halides is 2. The summed E-state index contributed by atoms with van der Waals surface area (Å²) >= 11 is 4.56. The van der Waals surface area contributed by atoms with Crippen LogP contribution < -0.4 is 5.30 Å². The average molecular weight is 638 g/mol. The van der Waals surface area contributed by atoms with E-state index in [1.54, 1.807) is 0 Å². The molecule has 1 aromatic rings. The second-order valence-electron chi connectivity index (χ2n) is 6.56. The molecule has 0 aliphatic heterocycles. The topological polar surface area (TPSA) is 54.0 Å². The third-order valence-electron chi connectivity index (χ3n) is 4.03. The molecular formula is C20H33I2O5P. The molecule has 0 heterocycles. The monoisotopic (exact) mass is 638 g/mol. The average Bonchev–Trinajstić information content (AvgIpc) is 2.68. The SMILES string of the molecule is C[C@@H](CP(=O)(C[C@H](C)OCCOCCI)c1ccccc1)OCCOCCI. The van der Waals surface area contributed by atoms with Crippen molar-refractivity contribution >= 4 is 57.6 Å². The van der Waals surface area contributed by atoms with Crippen molar-refractivity contribution in [2.75, 3.05) is 60.8 Å². The number of benzene rings is 1. The molecule has 162 valence electrons. The van der Waals surface area contributed by atoms with Gasteiger partial charge in [0, 0.05) is 26.5 Å². The van der Waals surface area contributed by atoms with E-state index in [4.69, 9.17) is 18.9 Å². The summed E-state index contributed by atoms with van der Waals surface area (Å²) in [5.74, 6) is 0. The minimum atomic E-state index is -2.64. The maximum atomic E-state index is 13.9. The molecule has 1 rings (SSSR count). The van der Waals surface area contributed by atoms with Crippen molar-refractivity contribution in [3.8, 4) is 0 Å². The Morgan fingerprint density at radius 1 is 0.786 bits per heavy atom. The Balaban J connectivity index is 2.59. The smallest absolute Gasteiger partial charge is 0.120 e. The second-order valence-corrected chi connectivity index (χ2v) is 11.7. The first kappa shape index (κ1) is 26.8. The summed E-state index contributed by atoms with van der Waals surface area (Å²) in [6.07, 6.45) is 0.798. The number of hydrogen-bond donors (Lipinski definition) is 0. The van der Waals surface area contributed by atoms with Gasteiger partial charge in [0.1, 0.15) is 7.14 Å². The van der Waals surface area contributed by atoms with Crippen LogP contribution in [0.2, 0.25) is 0 Å². The highest BCUT2D eigenvalue weighted by Gasteiger charge is 2.30. The lowest BCUT2D eigenvalue weighted by molar-refractivity contribution is 0.0224. The maximum absolute atomic E-state index is 13.9. The van der Waals surface area contributed by atoms with Crippen LogP contribution >= 0.6 is 52.3 Å². The van der Waals surface area contributed by atoms with Crippen LogP contribution in [-0.4, -0.2) is 73.0 Å². The molecular weight excluding hydrogens is 605 g/mol. The van der Waals surface area contributed by atoms with Crippen molar-refractivity contribution in [3.05, 3.63) is 30.3 Å². The quantitative estimate of drug-likeness (QED) is 0.110. The van der Waals surface area contributed by atoms with E-state index in [-0.39, 0.29) is 12.2 Å². The fraction of sp³-hybridized carbons (Fsp3) is 0.700. The maximum Gasteiger partial charge on any atom is 0.120 e. The molecule has 0 unspecified atom stereocenters. The molecule has 0 saturated heterocycles. The van der Waals surface area contributed by atoms with Gasteiger partial charge in [0.05, 0.1) is 51.8 Å². The van der Waals surface area contributed by atoms with E-state index < -0.39 is 7.14 Å². The standard InChI is InChI=1S/C20H33I2O5P/c1-18(26-14-12-24-10-8-21)16-28(23,20-6-4-3-5-7-20)17-19(2)27-15-13-25-11-9-22/h3-7,18-19H,8-17H2,1-2H3/t18-,19-/m0/s1. The minimum absolute atomic E-state index is 0.103. The van der Waals surface area contributed by atoms with Crippen molar-refractivity contribution in [2.45, 2.75) is 26.1 Å². The van der Waals surface area contributed by atoms with E-state index in [0.717, 1.165) is 27.4 Å². The van der Waals surface area contributed by atoms with Crippen LogP contribution in [0.4, 0.5) is 0 Å². The zero-order valence-corrected chi connectivity index (χ0v) is 22.1. The summed E-state index contributed by atoms with van der Waals surface area (Å²) in [6, 6.07) is 9.73. The van der Waals surface area contributed by atoms with Gasteiger partial charge in [0.2, 0.25) is 0 Å². The molecule has 5 nitrogen and oxygen atoms in total. The van der Waals surface area contributed by atoms with E-state index in [9.17, 15) is 4.57 Å². The van der Waals surface area contributed by atoms with Gasteiger partial charge in [-0.15, -0.1) is 0 Å². The van der Waals surface area contributed by atoms with Crippen molar-refractivity contribution in [1.29, 1.82) is 0 Å². The van der Waals surface area contributed by atoms with E-state index >= 15 is 0 Å². The van der Waals surface area contributed by atoms with Gasteiger partial charge in [-0.3, -0.25) is 0 Å². The van der Waals surface area contributed by atoms with Crippen molar-refractivity contribution < 1.29 is 23.5 Å². The largest absolute Gasteiger partial charge is 0.378 e. The van der Waals surface area contributed by atoms with Crippen LogP contribution in [-0.2, 0) is 23.5 Å². The molecule has 28 heavy (non-hydrogen) atoms. The molecule has 8 heteroatoms. The third kappa shape index (κ3) is 11.8. The molecule has 0 N–H and O–H groups in total. The predicted octanol–water partition coefficient (Wildman–Crippen LogP) is 4.39. The first-order chi connectivity index (χ1) is 13.5. The number of ether oxygens (including phenoxy) is 4. The molecule has 0 bridgehead atoms. The minimum Gasteiger partial charge on any atom is -0.378 e. The van der Waals surface area contributed by atoms with Crippen LogP contribution in [0.15, 0.2) is 30.3 Å². The Hall–Kier alpha value is 0.750. The molecule has 0 radical (unpaired) electrons. The van der Waals surface area contributed by atoms with E-state index in [0.29, 0.717) is 38.8 Å². The molecule has 2 atom stereocenters. The molecule has 0 aliphatic carbocycles. The zero-order chi connectivity index (χ0) is 20.7. The van der Waals surface area contributed by atoms with Gasteiger partial charge < -0.3 is 23.5 Å². The summed E-state index contributed by atoms with van der Waals surface area (Å²) in [5.41, 5.74) is 0. The highest BCUT2D eigenvalue weighted by atomic mass is 127. The normalized spacial score (nSPS) is 14.1. The highest BCUT2D eigenvalue weighted by molar-refractivity contribution is 14.1. The van der Waals surface area contributed by atoms with Crippen LogP contribution in [0.5, 0.6) is 0 Å². The molecule has 0 spiro atoms. The fourth-order valence-corrected chi connectivity index (χ4v) is 6.63. The van der Waals surface area contributed by atoms with Gasteiger partial charge in [0.15, 0.2) is 0 Å². The Labute approximate surface area is 197 Å². The Morgan fingerprint density at radius 2 is 1.25 bits per heavy atom. The van der Waals surface area contributed by atoms with Crippen LogP contribution in [0.1, 0.15) is 13.8 Å². The van der Waals surface area contributed by atoms with Crippen molar-refractivity contribution in [1.82, 2.24) is 0 Å². The summed E-state index contributed by atoms with van der Waals surface area (Å²) in [5, 5.41) is 0.892. The first-order valence-electron chi connectivity index (χ1n) is 9.66. The van der Waals surface area contributed by atoms with Crippen molar-refractivity contribution in [3.63, 3.8) is 0 Å². The number of rotatable bonds is 17. The first-order valence-corrected chi connectivity index (χ1v) is 14.8. The van der Waals surface area contributed by atoms with Crippen LogP contribution in [0, 0.1) is 0 Å². The molecule has 0 aromatic heterocycles. The Kier molecular flexibility index (Phi) is 15.7. The lowest BCUT2D eigenvalue weighted by Gasteiger charge is -2.25. The van der Waals surface area contributed by atoms with Gasteiger partial charge >= 0.3 is 0 Å². The van der Waals surface area contributed by atoms with Gasteiger partial charge in [0.25, 0.3) is 0 Å². The van der Waals surface area contributed by atoms with Crippen molar-refractivity contribution in [2.24, 2.45) is 0 Å². The highest BCUT2D eigenvalue weighted by Crippen LogP contribution is 2.46. The molecule has 0 saturated carbocycles. The van der Waals surface area contributed by atoms with E-state index in [2.05, 4.69) is 45.2 Å². The van der Waals surface area contributed by atoms with Gasteiger partial charge in [-0.05, 0) is 13.8 Å². The lowest BCUT2D eigenvalue weighted by atomic mass is 10.4. The fourth-order valence-electron chi connectivity index (χ4n) is 2.85.